The van der Waals surface area contributed by atoms with Crippen LogP contribution in [0.5, 0.6) is 0 Å². The van der Waals surface area contributed by atoms with Crippen LogP contribution in [0, 0.1) is 0 Å². The lowest BCUT2D eigenvalue weighted by atomic mass is 9.79. The monoisotopic (exact) mass is 470 g/mol. The molecule has 1 spiro atoms. The Hall–Kier alpha value is -1.75. The average molecular weight is 471 g/mol. The van der Waals surface area contributed by atoms with E-state index in [9.17, 15) is 13.2 Å². The van der Waals surface area contributed by atoms with Crippen molar-refractivity contribution in [3.05, 3.63) is 39.3 Å². The topological polar surface area (TPSA) is 70.5 Å². The maximum Gasteiger partial charge on any atom is 0.416 e. The molecule has 6 nitrogen and oxygen atoms in total. The zero-order chi connectivity index (χ0) is 22.9. The van der Waals surface area contributed by atoms with E-state index < -0.39 is 18.8 Å². The third-order valence-electron chi connectivity index (χ3n) is 6.38. The Morgan fingerprint density at radius 1 is 1.38 bits per heavy atom. The lowest BCUT2D eigenvalue weighted by Crippen LogP contribution is -2.50. The van der Waals surface area contributed by atoms with Gasteiger partial charge in [0.15, 0.2) is 6.10 Å². The Labute approximate surface area is 189 Å². The van der Waals surface area contributed by atoms with Crippen molar-refractivity contribution in [2.24, 2.45) is 0 Å². The van der Waals surface area contributed by atoms with Crippen molar-refractivity contribution in [2.75, 3.05) is 25.0 Å². The van der Waals surface area contributed by atoms with Gasteiger partial charge < -0.3 is 15.2 Å². The van der Waals surface area contributed by atoms with Gasteiger partial charge in [-0.2, -0.15) is 13.2 Å². The van der Waals surface area contributed by atoms with E-state index in [1.807, 2.05) is 11.3 Å². The summed E-state index contributed by atoms with van der Waals surface area (Å²) in [7, 11) is 0. The number of nitrogens with zero attached hydrogens (tertiary/aromatic N) is 3. The van der Waals surface area contributed by atoms with Crippen molar-refractivity contribution < 1.29 is 23.0 Å². The number of aryl methyl sites for hydroxylation is 1. The molecule has 0 saturated carbocycles. The third kappa shape index (κ3) is 4.93. The number of likely N-dealkylation sites (tertiary alicyclic amines) is 1. The van der Waals surface area contributed by atoms with Gasteiger partial charge in [0.1, 0.15) is 0 Å². The summed E-state index contributed by atoms with van der Waals surface area (Å²) in [6, 6.07) is 2.65. The molecule has 2 aliphatic rings. The predicted molar refractivity (Wildman–Crippen MR) is 117 cm³/mol. The number of alkyl halides is 3. The maximum atomic E-state index is 12.4. The molecule has 1 fully saturated rings. The Morgan fingerprint density at radius 3 is 2.78 bits per heavy atom. The zero-order valence-electron chi connectivity index (χ0n) is 18.3. The molecule has 0 radical (unpaired) electrons. The van der Waals surface area contributed by atoms with Crippen molar-refractivity contribution in [2.45, 2.75) is 70.0 Å². The number of fused-ring (bicyclic) bond motifs is 2. The van der Waals surface area contributed by atoms with Crippen LogP contribution in [-0.4, -0.2) is 58.0 Å². The van der Waals surface area contributed by atoms with Gasteiger partial charge in [0, 0.05) is 53.3 Å². The van der Waals surface area contributed by atoms with Gasteiger partial charge in [-0.3, -0.25) is 4.90 Å². The molecule has 2 aromatic heterocycles. The summed E-state index contributed by atoms with van der Waals surface area (Å²) >= 11 is 1.92. The number of anilines is 1. The fourth-order valence-electron chi connectivity index (χ4n) is 4.58. The van der Waals surface area contributed by atoms with Gasteiger partial charge in [0.2, 0.25) is 5.95 Å². The molecular weight excluding hydrogens is 441 g/mol. The van der Waals surface area contributed by atoms with Gasteiger partial charge in [-0.25, -0.2) is 9.97 Å². The van der Waals surface area contributed by atoms with Crippen molar-refractivity contribution in [1.82, 2.24) is 14.9 Å². The first-order chi connectivity index (χ1) is 15.2. The van der Waals surface area contributed by atoms with Crippen molar-refractivity contribution >= 4 is 17.3 Å². The number of hydrogen-bond acceptors (Lipinski definition) is 7. The molecule has 3 atom stereocenters. The SMILES string of the molecule is CCc1cc2c(s1)CCO[C@@]21CCN(Cc2cnc(NCC(O)C(F)(F)F)nc2)[C@@H](C)C1. The highest BCUT2D eigenvalue weighted by Gasteiger charge is 2.44. The third-order valence-corrected chi connectivity index (χ3v) is 7.72. The molecule has 2 N–H and O–H groups in total. The highest BCUT2D eigenvalue weighted by atomic mass is 32.1. The van der Waals surface area contributed by atoms with Crippen LogP contribution in [-0.2, 0) is 29.7 Å². The molecule has 2 aliphatic heterocycles. The fourth-order valence-corrected chi connectivity index (χ4v) is 5.75. The van der Waals surface area contributed by atoms with E-state index in [-0.39, 0.29) is 11.5 Å². The van der Waals surface area contributed by atoms with Crippen LogP contribution in [0.4, 0.5) is 19.1 Å². The highest BCUT2D eigenvalue weighted by Crippen LogP contribution is 2.46. The van der Waals surface area contributed by atoms with Crippen LogP contribution < -0.4 is 5.32 Å². The molecule has 0 bridgehead atoms. The molecule has 0 aliphatic carbocycles. The van der Waals surface area contributed by atoms with E-state index in [1.54, 1.807) is 12.4 Å². The smallest absolute Gasteiger partial charge is 0.382 e. The number of rotatable bonds is 6. The summed E-state index contributed by atoms with van der Waals surface area (Å²) in [6.07, 6.45) is 0.0233. The van der Waals surface area contributed by atoms with Crippen LogP contribution >= 0.6 is 11.3 Å². The van der Waals surface area contributed by atoms with Crippen LogP contribution in [0.15, 0.2) is 18.5 Å². The minimum Gasteiger partial charge on any atom is -0.382 e. The number of hydrogen-bond donors (Lipinski definition) is 2. The van der Waals surface area contributed by atoms with Crippen LogP contribution in [0.25, 0.3) is 0 Å². The largest absolute Gasteiger partial charge is 0.416 e. The first kappa shape index (κ1) is 23.4. The van der Waals surface area contributed by atoms with E-state index in [2.05, 4.69) is 40.1 Å². The molecule has 1 saturated heterocycles. The number of ether oxygens (including phenoxy) is 1. The van der Waals surface area contributed by atoms with E-state index in [0.717, 1.165) is 44.4 Å². The summed E-state index contributed by atoms with van der Waals surface area (Å²) in [5, 5.41) is 11.5. The Morgan fingerprint density at radius 2 is 2.12 bits per heavy atom. The first-order valence-corrected chi connectivity index (χ1v) is 11.8. The lowest BCUT2D eigenvalue weighted by molar-refractivity contribution is -0.198. The minimum absolute atomic E-state index is 0.0648. The minimum atomic E-state index is -4.67. The highest BCUT2D eigenvalue weighted by molar-refractivity contribution is 7.12. The molecule has 32 heavy (non-hydrogen) atoms. The van der Waals surface area contributed by atoms with E-state index in [0.29, 0.717) is 12.6 Å². The molecule has 0 aromatic carbocycles. The van der Waals surface area contributed by atoms with Gasteiger partial charge in [-0.15, -0.1) is 11.3 Å². The molecule has 2 aromatic rings. The normalized spacial score (nSPS) is 25.0. The van der Waals surface area contributed by atoms with Crippen molar-refractivity contribution in [3.63, 3.8) is 0 Å². The summed E-state index contributed by atoms with van der Waals surface area (Å²) in [6.45, 7) is 6.04. The number of aromatic nitrogens is 2. The molecule has 0 amide bonds. The van der Waals surface area contributed by atoms with Gasteiger partial charge >= 0.3 is 6.18 Å². The average Bonchev–Trinajstić information content (AvgIpc) is 3.19. The second-order valence-electron chi connectivity index (χ2n) is 8.62. The van der Waals surface area contributed by atoms with Crippen LogP contribution in [0.3, 0.4) is 0 Å². The molecule has 10 heteroatoms. The standard InChI is InChI=1S/C22H29F3N4O2S/c1-3-16-8-17-18(32-16)4-7-31-21(17)5-6-29(14(2)9-21)13-15-10-26-20(27-11-15)28-12-19(30)22(23,24)25/h8,10-11,14,19,30H,3-7,9,12-13H2,1-2H3,(H,26,27,28)/t14-,19?,21+/m0/s1. The quantitative estimate of drug-likeness (QED) is 0.668. The fraction of sp³-hybridized carbons (Fsp3) is 0.636. The Balaban J connectivity index is 1.36. The van der Waals surface area contributed by atoms with Gasteiger partial charge in [0.25, 0.3) is 0 Å². The number of aliphatic hydroxyl groups is 1. The number of aliphatic hydroxyl groups excluding tert-OH is 1. The molecule has 4 heterocycles. The second kappa shape index (κ2) is 9.24. The van der Waals surface area contributed by atoms with Crippen molar-refractivity contribution in [1.29, 1.82) is 0 Å². The molecule has 1 unspecified atom stereocenters. The van der Waals surface area contributed by atoms with Crippen LogP contribution in [0.2, 0.25) is 0 Å². The Kier molecular flexibility index (Phi) is 6.76. The van der Waals surface area contributed by atoms with Crippen molar-refractivity contribution in [3.8, 4) is 0 Å². The number of thiophene rings is 1. The summed E-state index contributed by atoms with van der Waals surface area (Å²) < 4.78 is 43.6. The van der Waals surface area contributed by atoms with E-state index in [4.69, 9.17) is 9.84 Å². The van der Waals surface area contributed by atoms with Gasteiger partial charge in [-0.1, -0.05) is 6.92 Å². The molecule has 4 rings (SSSR count). The van der Waals surface area contributed by atoms with Gasteiger partial charge in [-0.05, 0) is 37.8 Å². The molecular formula is C22H29F3N4O2S. The zero-order valence-corrected chi connectivity index (χ0v) is 19.1. The first-order valence-electron chi connectivity index (χ1n) is 11.0. The summed E-state index contributed by atoms with van der Waals surface area (Å²) in [5.74, 6) is 0.0648. The molecule has 176 valence electrons. The lowest BCUT2D eigenvalue weighted by Gasteiger charge is -2.47. The number of piperidine rings is 1. The maximum absolute atomic E-state index is 12.4. The number of halogens is 3. The van der Waals surface area contributed by atoms with E-state index in [1.165, 1.54) is 15.3 Å². The summed E-state index contributed by atoms with van der Waals surface area (Å²) in [4.78, 5) is 13.5. The predicted octanol–water partition coefficient (Wildman–Crippen LogP) is 3.89. The second-order valence-corrected chi connectivity index (χ2v) is 9.84. The van der Waals surface area contributed by atoms with E-state index >= 15 is 0 Å². The Bertz CT molecular complexity index is 921. The summed E-state index contributed by atoms with van der Waals surface area (Å²) in [5.41, 5.74) is 2.08. The van der Waals surface area contributed by atoms with Gasteiger partial charge in [0.05, 0.1) is 18.8 Å². The number of nitrogens with one attached hydrogen (secondary N) is 1. The van der Waals surface area contributed by atoms with Crippen LogP contribution in [0.1, 0.15) is 47.6 Å².